The highest BCUT2D eigenvalue weighted by Gasteiger charge is 2.37. The first kappa shape index (κ1) is 17.2. The second-order valence-electron chi connectivity index (χ2n) is 7.11. The summed E-state index contributed by atoms with van der Waals surface area (Å²) in [4.78, 5) is 19.4. The van der Waals surface area contributed by atoms with Crippen LogP contribution in [0.25, 0.3) is 0 Å². The number of hydrogen-bond acceptors (Lipinski definition) is 5. The lowest BCUT2D eigenvalue weighted by Crippen LogP contribution is -2.52. The van der Waals surface area contributed by atoms with E-state index in [1.54, 1.807) is 6.20 Å². The minimum atomic E-state index is -0.399. The van der Waals surface area contributed by atoms with Crippen molar-refractivity contribution in [2.75, 3.05) is 31.2 Å². The van der Waals surface area contributed by atoms with Crippen LogP contribution >= 0.6 is 0 Å². The Hall–Kier alpha value is -1.66. The molecule has 2 unspecified atom stereocenters. The van der Waals surface area contributed by atoms with E-state index in [-0.39, 0.29) is 11.8 Å². The van der Waals surface area contributed by atoms with Crippen molar-refractivity contribution in [3.05, 3.63) is 23.9 Å². The number of morpholine rings is 1. The Labute approximate surface area is 143 Å². The SMILES string of the molecule is CC1(N)CCCCC1C(=O)NCc1cccnc1N1CCOCC1. The van der Waals surface area contributed by atoms with E-state index in [0.29, 0.717) is 6.54 Å². The van der Waals surface area contributed by atoms with Gasteiger partial charge in [0.25, 0.3) is 0 Å². The normalized spacial score (nSPS) is 27.8. The summed E-state index contributed by atoms with van der Waals surface area (Å²) in [5, 5.41) is 3.09. The lowest BCUT2D eigenvalue weighted by atomic mass is 9.74. The van der Waals surface area contributed by atoms with Crippen LogP contribution in [0.15, 0.2) is 18.3 Å². The van der Waals surface area contributed by atoms with Gasteiger partial charge in [-0.15, -0.1) is 0 Å². The van der Waals surface area contributed by atoms with Gasteiger partial charge in [0.2, 0.25) is 5.91 Å². The van der Waals surface area contributed by atoms with E-state index in [1.807, 2.05) is 19.1 Å². The molecule has 24 heavy (non-hydrogen) atoms. The number of ether oxygens (including phenoxy) is 1. The van der Waals surface area contributed by atoms with Crippen molar-refractivity contribution in [3.63, 3.8) is 0 Å². The molecule has 2 aliphatic rings. The van der Waals surface area contributed by atoms with E-state index in [0.717, 1.165) is 63.4 Å². The van der Waals surface area contributed by atoms with E-state index < -0.39 is 5.54 Å². The van der Waals surface area contributed by atoms with Crippen LogP contribution in [-0.2, 0) is 16.1 Å². The lowest BCUT2D eigenvalue weighted by Gasteiger charge is -2.37. The number of amides is 1. The molecule has 2 fully saturated rings. The molecule has 2 heterocycles. The van der Waals surface area contributed by atoms with Crippen molar-refractivity contribution in [3.8, 4) is 0 Å². The zero-order valence-electron chi connectivity index (χ0n) is 14.5. The van der Waals surface area contributed by atoms with Crippen LogP contribution < -0.4 is 16.0 Å². The molecule has 0 bridgehead atoms. The highest BCUT2D eigenvalue weighted by molar-refractivity contribution is 5.80. The third kappa shape index (κ3) is 3.87. The van der Waals surface area contributed by atoms with E-state index in [1.165, 1.54) is 0 Å². The number of anilines is 1. The first-order chi connectivity index (χ1) is 11.6. The van der Waals surface area contributed by atoms with E-state index in [2.05, 4.69) is 15.2 Å². The van der Waals surface area contributed by atoms with E-state index in [4.69, 9.17) is 10.5 Å². The van der Waals surface area contributed by atoms with Crippen molar-refractivity contribution < 1.29 is 9.53 Å². The number of rotatable bonds is 4. The Morgan fingerprint density at radius 1 is 1.46 bits per heavy atom. The van der Waals surface area contributed by atoms with Gasteiger partial charge in [-0.05, 0) is 25.8 Å². The van der Waals surface area contributed by atoms with Crippen LogP contribution in [0.3, 0.4) is 0 Å². The molecule has 1 saturated heterocycles. The third-order valence-corrected chi connectivity index (χ3v) is 5.20. The van der Waals surface area contributed by atoms with Crippen LogP contribution in [-0.4, -0.2) is 42.7 Å². The number of hydrogen-bond donors (Lipinski definition) is 2. The lowest BCUT2D eigenvalue weighted by molar-refractivity contribution is -0.128. The molecule has 1 aliphatic heterocycles. The summed E-state index contributed by atoms with van der Waals surface area (Å²) in [7, 11) is 0. The van der Waals surface area contributed by atoms with Crippen LogP contribution in [0.1, 0.15) is 38.2 Å². The molecule has 0 radical (unpaired) electrons. The molecule has 2 atom stereocenters. The summed E-state index contributed by atoms with van der Waals surface area (Å²) >= 11 is 0. The second kappa shape index (κ2) is 7.49. The second-order valence-corrected chi connectivity index (χ2v) is 7.11. The van der Waals surface area contributed by atoms with Gasteiger partial charge in [0.1, 0.15) is 5.82 Å². The van der Waals surface area contributed by atoms with E-state index >= 15 is 0 Å². The molecule has 6 nitrogen and oxygen atoms in total. The number of aromatic nitrogens is 1. The Morgan fingerprint density at radius 3 is 3.00 bits per heavy atom. The van der Waals surface area contributed by atoms with Gasteiger partial charge in [-0.3, -0.25) is 4.79 Å². The quantitative estimate of drug-likeness (QED) is 0.872. The van der Waals surface area contributed by atoms with Gasteiger partial charge < -0.3 is 20.7 Å². The molecule has 0 spiro atoms. The summed E-state index contributed by atoms with van der Waals surface area (Å²) in [5.41, 5.74) is 6.99. The molecule has 1 aliphatic carbocycles. The third-order valence-electron chi connectivity index (χ3n) is 5.20. The standard InChI is InChI=1S/C18H28N4O2/c1-18(19)7-3-2-6-15(18)17(23)21-13-14-5-4-8-20-16(14)22-9-11-24-12-10-22/h4-5,8,15H,2-3,6-7,9-13,19H2,1H3,(H,21,23). The molecular weight excluding hydrogens is 304 g/mol. The van der Waals surface area contributed by atoms with Crippen LogP contribution in [0.2, 0.25) is 0 Å². The topological polar surface area (TPSA) is 80.5 Å². The fourth-order valence-electron chi connectivity index (χ4n) is 3.72. The maximum atomic E-state index is 12.6. The maximum Gasteiger partial charge on any atom is 0.225 e. The van der Waals surface area contributed by atoms with Crippen LogP contribution in [0.5, 0.6) is 0 Å². The predicted molar refractivity (Wildman–Crippen MR) is 93.7 cm³/mol. The van der Waals surface area contributed by atoms with Crippen LogP contribution in [0, 0.1) is 5.92 Å². The summed E-state index contributed by atoms with van der Waals surface area (Å²) in [6.07, 6.45) is 5.78. The summed E-state index contributed by atoms with van der Waals surface area (Å²) in [6, 6.07) is 3.94. The summed E-state index contributed by atoms with van der Waals surface area (Å²) in [6.45, 7) is 5.60. The van der Waals surface area contributed by atoms with Crippen LogP contribution in [0.4, 0.5) is 5.82 Å². The molecule has 1 amide bonds. The Balaban J connectivity index is 1.65. The highest BCUT2D eigenvalue weighted by Crippen LogP contribution is 2.31. The van der Waals surface area contributed by atoms with Gasteiger partial charge in [-0.1, -0.05) is 18.9 Å². The van der Waals surface area contributed by atoms with Gasteiger partial charge in [-0.25, -0.2) is 4.98 Å². The van der Waals surface area contributed by atoms with Gasteiger partial charge in [0.05, 0.1) is 19.1 Å². The smallest absolute Gasteiger partial charge is 0.225 e. The number of nitrogens with one attached hydrogen (secondary N) is 1. The molecule has 132 valence electrons. The number of nitrogens with two attached hydrogens (primary N) is 1. The van der Waals surface area contributed by atoms with Crippen molar-refractivity contribution in [1.29, 1.82) is 0 Å². The Bertz CT molecular complexity index is 570. The van der Waals surface area contributed by atoms with Gasteiger partial charge in [0.15, 0.2) is 0 Å². The highest BCUT2D eigenvalue weighted by atomic mass is 16.5. The fourth-order valence-corrected chi connectivity index (χ4v) is 3.72. The number of carbonyl (C=O) groups is 1. The first-order valence-electron chi connectivity index (χ1n) is 8.91. The Morgan fingerprint density at radius 2 is 2.25 bits per heavy atom. The average Bonchev–Trinajstić information content (AvgIpc) is 2.60. The fraction of sp³-hybridized carbons (Fsp3) is 0.667. The Kier molecular flexibility index (Phi) is 5.36. The maximum absolute atomic E-state index is 12.6. The zero-order chi connectivity index (χ0) is 17.0. The molecule has 1 saturated carbocycles. The van der Waals surface area contributed by atoms with Crippen molar-refractivity contribution in [2.24, 2.45) is 11.7 Å². The van der Waals surface area contributed by atoms with Gasteiger partial charge in [-0.2, -0.15) is 0 Å². The molecule has 3 rings (SSSR count). The largest absolute Gasteiger partial charge is 0.378 e. The minimum absolute atomic E-state index is 0.0662. The van der Waals surface area contributed by atoms with Gasteiger partial charge in [0, 0.05) is 36.9 Å². The van der Waals surface area contributed by atoms with Crippen molar-refractivity contribution >= 4 is 11.7 Å². The monoisotopic (exact) mass is 332 g/mol. The summed E-state index contributed by atoms with van der Waals surface area (Å²) < 4.78 is 5.41. The number of carbonyl (C=O) groups excluding carboxylic acids is 1. The number of pyridine rings is 1. The molecule has 1 aromatic rings. The molecule has 6 heteroatoms. The minimum Gasteiger partial charge on any atom is -0.378 e. The predicted octanol–water partition coefficient (Wildman–Crippen LogP) is 1.44. The van der Waals surface area contributed by atoms with Crippen molar-refractivity contribution in [1.82, 2.24) is 10.3 Å². The van der Waals surface area contributed by atoms with E-state index in [9.17, 15) is 4.79 Å². The first-order valence-corrected chi connectivity index (χ1v) is 8.91. The number of nitrogens with zero attached hydrogens (tertiary/aromatic N) is 2. The molecule has 3 N–H and O–H groups in total. The van der Waals surface area contributed by atoms with Gasteiger partial charge >= 0.3 is 0 Å². The molecular formula is C18H28N4O2. The van der Waals surface area contributed by atoms with Crippen molar-refractivity contribution in [2.45, 2.75) is 44.7 Å². The molecule has 1 aromatic heterocycles. The zero-order valence-corrected chi connectivity index (χ0v) is 14.5. The molecule has 0 aromatic carbocycles. The summed E-state index contributed by atoms with van der Waals surface area (Å²) in [5.74, 6) is 0.909. The average molecular weight is 332 g/mol.